The zero-order chi connectivity index (χ0) is 24.5. The van der Waals surface area contributed by atoms with E-state index in [9.17, 15) is 0 Å². The normalized spacial score (nSPS) is 19.1. The molecule has 0 amide bonds. The van der Waals surface area contributed by atoms with Gasteiger partial charge in [-0.3, -0.25) is 0 Å². The smallest absolute Gasteiger partial charge is 0.107 e. The third-order valence-electron chi connectivity index (χ3n) is 3.72. The number of hydrogen-bond acceptors (Lipinski definition) is 0. The molecule has 2 unspecified atom stereocenters. The lowest BCUT2D eigenvalue weighted by Gasteiger charge is -1.96. The zero-order valence-corrected chi connectivity index (χ0v) is 21.5. The van der Waals surface area contributed by atoms with Gasteiger partial charge in [-0.05, 0) is 12.8 Å². The first-order valence-electron chi connectivity index (χ1n) is 11.5. The van der Waals surface area contributed by atoms with Crippen LogP contribution in [0.5, 0.6) is 0 Å². The molecule has 0 aromatic carbocycles. The lowest BCUT2D eigenvalue weighted by atomic mass is 9.95. The van der Waals surface area contributed by atoms with Gasteiger partial charge in [0.25, 0.3) is 0 Å². The van der Waals surface area contributed by atoms with Crippen LogP contribution in [0.15, 0.2) is 70.7 Å². The maximum absolute atomic E-state index is 5.61. The summed E-state index contributed by atoms with van der Waals surface area (Å²) < 4.78 is 0. The molecule has 8 radical (unpaired) electrons. The molecule has 4 aliphatic carbocycles. The topological polar surface area (TPSA) is 0 Å². The molecule has 0 nitrogen and oxygen atoms in total. The van der Waals surface area contributed by atoms with E-state index in [-0.39, 0.29) is 0 Å². The summed E-state index contributed by atoms with van der Waals surface area (Å²) in [7, 11) is 20.2. The van der Waals surface area contributed by atoms with Gasteiger partial charge < -0.3 is 0 Å². The largest absolute Gasteiger partial charge is 0.117 e. The first kappa shape index (κ1) is 36.1. The molecule has 0 N–H and O–H groups in total. The van der Waals surface area contributed by atoms with Crippen LogP contribution >= 0.6 is 0 Å². The van der Waals surface area contributed by atoms with Crippen molar-refractivity contribution in [3.63, 3.8) is 0 Å². The average Bonchev–Trinajstić information content (AvgIpc) is 3.59. The van der Waals surface area contributed by atoms with Crippen LogP contribution in [0.1, 0.15) is 68.2 Å². The summed E-state index contributed by atoms with van der Waals surface area (Å²) in [4.78, 5) is 0. The van der Waals surface area contributed by atoms with Gasteiger partial charge in [-0.25, -0.2) is 0 Å². The van der Waals surface area contributed by atoms with Crippen molar-refractivity contribution >= 4 is 31.4 Å². The van der Waals surface area contributed by atoms with Gasteiger partial charge in [0.05, 0.1) is 15.7 Å². The molecule has 0 heterocycles. The molecule has 0 saturated heterocycles. The second kappa shape index (κ2) is 27.7. The summed E-state index contributed by atoms with van der Waals surface area (Å²) in [6, 6.07) is 0. The first-order chi connectivity index (χ1) is 14.7. The molecule has 0 spiro atoms. The zero-order valence-electron chi connectivity index (χ0n) is 21.5. The quantitative estimate of drug-likeness (QED) is 0.367. The van der Waals surface area contributed by atoms with Gasteiger partial charge in [0.2, 0.25) is 0 Å². The third kappa shape index (κ3) is 14.6. The molecule has 2 atom stereocenters. The predicted octanol–water partition coefficient (Wildman–Crippen LogP) is 7.62. The summed E-state index contributed by atoms with van der Waals surface area (Å²) in [6.07, 6.45) is 19.1. The number of allylic oxidation sites excluding steroid dienone is 12. The molecular formula is C26H44B4. The van der Waals surface area contributed by atoms with E-state index in [2.05, 4.69) is 64.3 Å². The van der Waals surface area contributed by atoms with Crippen molar-refractivity contribution < 1.29 is 0 Å². The van der Waals surface area contributed by atoms with Crippen LogP contribution in [0.4, 0.5) is 0 Å². The molecule has 30 heavy (non-hydrogen) atoms. The van der Waals surface area contributed by atoms with E-state index >= 15 is 0 Å². The van der Waals surface area contributed by atoms with Gasteiger partial charge >= 0.3 is 0 Å². The lowest BCUT2D eigenvalue weighted by Crippen LogP contribution is -1.83. The minimum Gasteiger partial charge on any atom is -0.117 e. The Kier molecular flexibility index (Phi) is 33.3. The van der Waals surface area contributed by atoms with Crippen LogP contribution in [0.2, 0.25) is 13.6 Å². The molecule has 4 rings (SSSR count). The van der Waals surface area contributed by atoms with Crippen molar-refractivity contribution in [3.05, 3.63) is 70.7 Å². The van der Waals surface area contributed by atoms with E-state index in [4.69, 9.17) is 15.7 Å². The van der Waals surface area contributed by atoms with Gasteiger partial charge in [0.1, 0.15) is 15.7 Å². The molecular weight excluding hydrogens is 356 g/mol. The number of hydrogen-bond donors (Lipinski definition) is 0. The van der Waals surface area contributed by atoms with Crippen molar-refractivity contribution in [1.82, 2.24) is 0 Å². The van der Waals surface area contributed by atoms with Crippen LogP contribution in [0, 0.1) is 11.8 Å². The van der Waals surface area contributed by atoms with Gasteiger partial charge in [-0.15, -0.1) is 10.9 Å². The van der Waals surface area contributed by atoms with Crippen molar-refractivity contribution in [2.75, 3.05) is 0 Å². The van der Waals surface area contributed by atoms with Gasteiger partial charge in [0.15, 0.2) is 0 Å². The summed E-state index contributed by atoms with van der Waals surface area (Å²) in [5, 5.41) is 0. The standard InChI is InChI=1S/2C8H7B.4C2H6.2CH3B/c2*9-8-4-6-2-1-3-7(6)5-8;6*1-2/h2*1-4,6H,5H2;4*1-2H3;2*1H3. The fourth-order valence-corrected chi connectivity index (χ4v) is 2.80. The molecule has 0 aromatic heterocycles. The summed E-state index contributed by atoms with van der Waals surface area (Å²) >= 11 is 0. The molecule has 4 heteroatoms. The van der Waals surface area contributed by atoms with Crippen molar-refractivity contribution in [2.24, 2.45) is 11.8 Å². The van der Waals surface area contributed by atoms with E-state index in [1.54, 1.807) is 0 Å². The van der Waals surface area contributed by atoms with E-state index in [0.29, 0.717) is 11.8 Å². The molecule has 160 valence electrons. The maximum atomic E-state index is 5.61. The third-order valence-corrected chi connectivity index (χ3v) is 3.72. The van der Waals surface area contributed by atoms with Crippen LogP contribution < -0.4 is 0 Å². The average molecular weight is 400 g/mol. The highest BCUT2D eigenvalue weighted by atomic mass is 14.2. The lowest BCUT2D eigenvalue weighted by molar-refractivity contribution is 1.01. The van der Waals surface area contributed by atoms with E-state index in [1.165, 1.54) is 24.8 Å². The Morgan fingerprint density at radius 3 is 1.07 bits per heavy atom. The Morgan fingerprint density at radius 2 is 0.833 bits per heavy atom. The van der Waals surface area contributed by atoms with E-state index in [0.717, 1.165) is 23.8 Å². The Morgan fingerprint density at radius 1 is 0.567 bits per heavy atom. The van der Waals surface area contributed by atoms with Gasteiger partial charge in [-0.2, -0.15) is 0 Å². The highest BCUT2D eigenvalue weighted by Gasteiger charge is 2.18. The number of fused-ring (bicyclic) bond motifs is 2. The van der Waals surface area contributed by atoms with Crippen LogP contribution in [0.25, 0.3) is 0 Å². The first-order valence-corrected chi connectivity index (χ1v) is 11.5. The number of rotatable bonds is 0. The summed E-state index contributed by atoms with van der Waals surface area (Å²) in [5.41, 5.74) is 4.95. The maximum Gasteiger partial charge on any atom is 0.107 e. The highest BCUT2D eigenvalue weighted by molar-refractivity contribution is 6.22. The van der Waals surface area contributed by atoms with Crippen molar-refractivity contribution in [1.29, 1.82) is 0 Å². The Balaban J connectivity index is -0.000000152. The van der Waals surface area contributed by atoms with Crippen molar-refractivity contribution in [2.45, 2.75) is 81.9 Å². The van der Waals surface area contributed by atoms with Crippen LogP contribution in [-0.4, -0.2) is 31.4 Å². The highest BCUT2D eigenvalue weighted by Crippen LogP contribution is 2.33. The SMILES string of the molecule is CC.CC.CC.CC.[B]C.[B]C.[B]C1=CC2C=CC=C2C1.[B]C1=CC2C=CC=C2C1. The fourth-order valence-electron chi connectivity index (χ4n) is 2.80. The fraction of sp³-hybridized carbons (Fsp3) is 0.538. The minimum absolute atomic E-state index is 0.546. The van der Waals surface area contributed by atoms with Gasteiger partial charge in [-0.1, -0.05) is 129 Å². The van der Waals surface area contributed by atoms with Gasteiger partial charge in [0, 0.05) is 11.8 Å². The van der Waals surface area contributed by atoms with E-state index < -0.39 is 0 Å². The second-order valence-electron chi connectivity index (χ2n) is 5.14. The molecule has 0 saturated carbocycles. The Bertz CT molecular complexity index is 499. The Labute approximate surface area is 195 Å². The summed E-state index contributed by atoms with van der Waals surface area (Å²) in [6.45, 7) is 19.0. The molecule has 0 aliphatic heterocycles. The Hall–Kier alpha value is -1.30. The molecule has 0 bridgehead atoms. The predicted molar refractivity (Wildman–Crippen MR) is 147 cm³/mol. The molecule has 4 aliphatic rings. The molecule has 0 fully saturated rings. The van der Waals surface area contributed by atoms with E-state index in [1.807, 2.05) is 55.4 Å². The van der Waals surface area contributed by atoms with Crippen LogP contribution in [0.3, 0.4) is 0 Å². The monoisotopic (exact) mass is 400 g/mol. The van der Waals surface area contributed by atoms with Crippen molar-refractivity contribution in [3.8, 4) is 0 Å². The second-order valence-corrected chi connectivity index (χ2v) is 5.14. The summed E-state index contributed by atoms with van der Waals surface area (Å²) in [5.74, 6) is 1.09. The minimum atomic E-state index is 0.546. The van der Waals surface area contributed by atoms with Crippen LogP contribution in [-0.2, 0) is 0 Å². The molecule has 0 aromatic rings.